The van der Waals surface area contributed by atoms with Gasteiger partial charge in [0.15, 0.2) is 0 Å². The summed E-state index contributed by atoms with van der Waals surface area (Å²) < 4.78 is 28.4. The Morgan fingerprint density at radius 1 is 1.00 bits per heavy atom. The van der Waals surface area contributed by atoms with Gasteiger partial charge in [0.25, 0.3) is 0 Å². The van der Waals surface area contributed by atoms with Gasteiger partial charge in [-0.25, -0.2) is 13.1 Å². The van der Waals surface area contributed by atoms with E-state index in [4.69, 9.17) is 0 Å². The van der Waals surface area contributed by atoms with E-state index in [2.05, 4.69) is 9.71 Å². The molecule has 0 radical (unpaired) electrons. The molecule has 0 saturated heterocycles. The third-order valence-electron chi connectivity index (χ3n) is 5.55. The number of benzene rings is 2. The van der Waals surface area contributed by atoms with Crippen molar-refractivity contribution in [1.29, 1.82) is 0 Å². The van der Waals surface area contributed by atoms with Gasteiger partial charge in [-0.15, -0.1) is 0 Å². The number of anilines is 1. The van der Waals surface area contributed by atoms with Crippen molar-refractivity contribution in [3.8, 4) is 0 Å². The lowest BCUT2D eigenvalue weighted by atomic mass is 10.1. The number of nitrogens with one attached hydrogen (secondary N) is 2. The van der Waals surface area contributed by atoms with Crippen LogP contribution >= 0.6 is 0 Å². The van der Waals surface area contributed by atoms with Gasteiger partial charge in [0.1, 0.15) is 0 Å². The lowest BCUT2D eigenvalue weighted by Gasteiger charge is -2.13. The first kappa shape index (κ1) is 19.0. The summed E-state index contributed by atoms with van der Waals surface area (Å²) in [6, 6.07) is 13.3. The molecule has 0 bridgehead atoms. The van der Waals surface area contributed by atoms with Gasteiger partial charge in [-0.3, -0.25) is 0 Å². The van der Waals surface area contributed by atoms with Crippen molar-refractivity contribution in [3.63, 3.8) is 0 Å². The van der Waals surface area contributed by atoms with Gasteiger partial charge in [-0.1, -0.05) is 18.6 Å². The molecule has 1 aliphatic carbocycles. The van der Waals surface area contributed by atoms with Gasteiger partial charge in [0.05, 0.1) is 4.90 Å². The van der Waals surface area contributed by atoms with Gasteiger partial charge in [-0.05, 0) is 67.1 Å². The Bertz CT molecular complexity index is 1080. The van der Waals surface area contributed by atoms with E-state index in [-0.39, 0.29) is 6.54 Å². The highest BCUT2D eigenvalue weighted by atomic mass is 32.2. The Morgan fingerprint density at radius 2 is 1.75 bits per heavy atom. The Balaban J connectivity index is 1.56. The van der Waals surface area contributed by atoms with Gasteiger partial charge in [0.2, 0.25) is 10.0 Å². The number of fused-ring (bicyclic) bond motifs is 3. The normalized spacial score (nSPS) is 14.6. The Kier molecular flexibility index (Phi) is 5.17. The molecule has 1 heterocycles. The van der Waals surface area contributed by atoms with E-state index >= 15 is 0 Å². The topological polar surface area (TPSA) is 65.2 Å². The predicted molar refractivity (Wildman–Crippen MR) is 114 cm³/mol. The molecule has 0 aliphatic heterocycles. The van der Waals surface area contributed by atoms with Gasteiger partial charge < -0.3 is 9.88 Å². The van der Waals surface area contributed by atoms with Crippen LogP contribution in [-0.4, -0.2) is 27.5 Å². The molecule has 5 nitrogen and oxygen atoms in total. The highest BCUT2D eigenvalue weighted by Gasteiger charge is 2.19. The summed E-state index contributed by atoms with van der Waals surface area (Å²) in [6.07, 6.45) is 5.66. The van der Waals surface area contributed by atoms with Crippen molar-refractivity contribution < 1.29 is 8.42 Å². The largest absolute Gasteiger partial charge is 0.378 e. The van der Waals surface area contributed by atoms with E-state index in [1.165, 1.54) is 24.1 Å². The molecular weight excluding hydrogens is 370 g/mol. The van der Waals surface area contributed by atoms with E-state index in [1.807, 2.05) is 55.4 Å². The predicted octanol–water partition coefficient (Wildman–Crippen LogP) is 3.98. The number of hydrogen-bond donors (Lipinski definition) is 2. The lowest BCUT2D eigenvalue weighted by Crippen LogP contribution is -2.23. The molecule has 0 fully saturated rings. The Morgan fingerprint density at radius 3 is 2.50 bits per heavy atom. The average molecular weight is 398 g/mol. The molecule has 3 aromatic rings. The van der Waals surface area contributed by atoms with Crippen LogP contribution in [0.3, 0.4) is 0 Å². The molecule has 6 heteroatoms. The maximum absolute atomic E-state index is 12.9. The van der Waals surface area contributed by atoms with Gasteiger partial charge in [-0.2, -0.15) is 0 Å². The van der Waals surface area contributed by atoms with Crippen molar-refractivity contribution in [2.75, 3.05) is 19.0 Å². The second-order valence-corrected chi connectivity index (χ2v) is 9.50. The molecule has 28 heavy (non-hydrogen) atoms. The molecule has 2 N–H and O–H groups in total. The van der Waals surface area contributed by atoms with Crippen LogP contribution in [0, 0.1) is 0 Å². The minimum Gasteiger partial charge on any atom is -0.378 e. The van der Waals surface area contributed by atoms with Crippen LogP contribution in [0.1, 0.15) is 36.1 Å². The Hall–Kier alpha value is -2.31. The van der Waals surface area contributed by atoms with Crippen LogP contribution in [0.4, 0.5) is 5.69 Å². The first-order valence-corrected chi connectivity index (χ1v) is 11.3. The van der Waals surface area contributed by atoms with Crippen LogP contribution in [0.2, 0.25) is 0 Å². The van der Waals surface area contributed by atoms with E-state index in [9.17, 15) is 8.42 Å². The fourth-order valence-corrected chi connectivity index (χ4v) is 4.95. The van der Waals surface area contributed by atoms with Gasteiger partial charge >= 0.3 is 0 Å². The summed E-state index contributed by atoms with van der Waals surface area (Å²) in [5, 5.41) is 1.05. The molecule has 0 saturated carbocycles. The molecule has 0 atom stereocenters. The monoisotopic (exact) mass is 397 g/mol. The second-order valence-electron chi connectivity index (χ2n) is 7.74. The first-order valence-electron chi connectivity index (χ1n) is 9.83. The minimum absolute atomic E-state index is 0.277. The summed E-state index contributed by atoms with van der Waals surface area (Å²) in [7, 11) is 0.399. The zero-order valence-electron chi connectivity index (χ0n) is 16.5. The zero-order valence-corrected chi connectivity index (χ0v) is 17.3. The third-order valence-corrected chi connectivity index (χ3v) is 6.95. The van der Waals surface area contributed by atoms with E-state index < -0.39 is 10.0 Å². The van der Waals surface area contributed by atoms with Crippen LogP contribution in [0.15, 0.2) is 47.4 Å². The van der Waals surface area contributed by atoms with Crippen molar-refractivity contribution in [1.82, 2.24) is 9.71 Å². The quantitative estimate of drug-likeness (QED) is 0.640. The maximum atomic E-state index is 12.9. The van der Waals surface area contributed by atoms with Crippen molar-refractivity contribution in [2.45, 2.75) is 43.5 Å². The maximum Gasteiger partial charge on any atom is 0.240 e. The molecule has 148 valence electrons. The summed E-state index contributed by atoms with van der Waals surface area (Å²) in [4.78, 5) is 5.83. The number of H-pyrrole nitrogens is 1. The summed E-state index contributed by atoms with van der Waals surface area (Å²) >= 11 is 0. The fraction of sp³-hybridized carbons (Fsp3) is 0.364. The Labute approximate surface area is 166 Å². The number of aromatic nitrogens is 1. The third kappa shape index (κ3) is 3.80. The number of aromatic amines is 1. The average Bonchev–Trinajstić information content (AvgIpc) is 2.86. The molecule has 0 spiro atoms. The molecular formula is C22H27N3O2S. The lowest BCUT2D eigenvalue weighted by molar-refractivity contribution is 0.581. The zero-order chi connectivity index (χ0) is 19.7. The summed E-state index contributed by atoms with van der Waals surface area (Å²) in [6.45, 7) is 0.277. The molecule has 1 aromatic heterocycles. The SMILES string of the molecule is CN(C)c1ccc(CNS(=O)(=O)c2ccc3[nH]c4c(c3c2)CCCCC4)cc1. The molecule has 2 aromatic carbocycles. The number of aryl methyl sites for hydroxylation is 2. The van der Waals surface area contributed by atoms with Gasteiger partial charge in [0, 0.05) is 42.9 Å². The number of hydrogen-bond acceptors (Lipinski definition) is 3. The van der Waals surface area contributed by atoms with E-state index in [0.717, 1.165) is 41.4 Å². The van der Waals surface area contributed by atoms with Crippen LogP contribution in [0.25, 0.3) is 10.9 Å². The number of nitrogens with zero attached hydrogens (tertiary/aromatic N) is 1. The van der Waals surface area contributed by atoms with E-state index in [1.54, 1.807) is 6.07 Å². The molecule has 1 aliphatic rings. The fourth-order valence-electron chi connectivity index (χ4n) is 3.90. The molecule has 0 amide bonds. The second kappa shape index (κ2) is 7.60. The van der Waals surface area contributed by atoms with E-state index in [0.29, 0.717) is 4.90 Å². The highest BCUT2D eigenvalue weighted by molar-refractivity contribution is 7.89. The minimum atomic E-state index is -3.56. The smallest absolute Gasteiger partial charge is 0.240 e. The van der Waals surface area contributed by atoms with Crippen LogP contribution in [0.5, 0.6) is 0 Å². The summed E-state index contributed by atoms with van der Waals surface area (Å²) in [5.41, 5.74) is 5.63. The first-order chi connectivity index (χ1) is 13.4. The summed E-state index contributed by atoms with van der Waals surface area (Å²) in [5.74, 6) is 0. The number of sulfonamides is 1. The highest BCUT2D eigenvalue weighted by Crippen LogP contribution is 2.30. The molecule has 0 unspecified atom stereocenters. The molecule has 4 rings (SSSR count). The number of rotatable bonds is 5. The standard InChI is InChI=1S/C22H27N3O2S/c1-25(2)17-10-8-16(9-11-17)15-23-28(26,27)18-12-13-22-20(14-18)19-6-4-3-5-7-21(19)24-22/h8-14,23-24H,3-7,15H2,1-2H3. The van der Waals surface area contributed by atoms with Crippen molar-refractivity contribution in [3.05, 3.63) is 59.3 Å². The van der Waals surface area contributed by atoms with Crippen molar-refractivity contribution in [2.24, 2.45) is 0 Å². The van der Waals surface area contributed by atoms with Crippen LogP contribution in [-0.2, 0) is 29.4 Å². The van der Waals surface area contributed by atoms with Crippen molar-refractivity contribution >= 4 is 26.6 Å². The van der Waals surface area contributed by atoms with Crippen LogP contribution < -0.4 is 9.62 Å².